The zero-order chi connectivity index (χ0) is 20.1. The van der Waals surface area contributed by atoms with Crippen LogP contribution in [0.4, 0.5) is 0 Å². The van der Waals surface area contributed by atoms with E-state index in [2.05, 4.69) is 44.8 Å². The van der Waals surface area contributed by atoms with Gasteiger partial charge in [0.2, 0.25) is 5.91 Å². The molecule has 7 heteroatoms. The molecule has 1 saturated carbocycles. The molecule has 0 radical (unpaired) electrons. The van der Waals surface area contributed by atoms with Gasteiger partial charge in [0.1, 0.15) is 0 Å². The van der Waals surface area contributed by atoms with Gasteiger partial charge in [0, 0.05) is 51.2 Å². The highest BCUT2D eigenvalue weighted by Crippen LogP contribution is 2.34. The maximum Gasteiger partial charge on any atom is 0.225 e. The fourth-order valence-corrected chi connectivity index (χ4v) is 4.98. The number of nitrogens with one attached hydrogen (secondary N) is 2. The summed E-state index contributed by atoms with van der Waals surface area (Å²) < 4.78 is 6.00. The topological polar surface area (TPSA) is 66.0 Å². The molecule has 2 aliphatic heterocycles. The van der Waals surface area contributed by atoms with Crippen molar-refractivity contribution in [3.8, 4) is 0 Å². The third-order valence-corrected chi connectivity index (χ3v) is 6.64. The van der Waals surface area contributed by atoms with Crippen molar-refractivity contribution in [2.45, 2.75) is 50.7 Å². The molecule has 2 saturated heterocycles. The van der Waals surface area contributed by atoms with Crippen LogP contribution < -0.4 is 10.6 Å². The molecule has 0 bridgehead atoms. The fourth-order valence-electron chi connectivity index (χ4n) is 4.98. The van der Waals surface area contributed by atoms with Crippen LogP contribution >= 0.6 is 24.0 Å². The molecule has 6 nitrogen and oxygen atoms in total. The molecular formula is C23H35IN4O2. The molecule has 3 fully saturated rings. The van der Waals surface area contributed by atoms with E-state index in [0.717, 1.165) is 57.9 Å². The van der Waals surface area contributed by atoms with E-state index in [1.165, 1.54) is 18.4 Å². The van der Waals surface area contributed by atoms with Crippen LogP contribution in [0.3, 0.4) is 0 Å². The largest absolute Gasteiger partial charge is 0.373 e. The number of rotatable bonds is 5. The highest BCUT2D eigenvalue weighted by atomic mass is 127. The van der Waals surface area contributed by atoms with E-state index in [9.17, 15) is 4.79 Å². The maximum atomic E-state index is 12.7. The molecule has 1 amide bonds. The monoisotopic (exact) mass is 526 g/mol. The lowest BCUT2D eigenvalue weighted by atomic mass is 9.95. The van der Waals surface area contributed by atoms with Gasteiger partial charge in [-0.05, 0) is 31.2 Å². The van der Waals surface area contributed by atoms with E-state index >= 15 is 0 Å². The van der Waals surface area contributed by atoms with Gasteiger partial charge in [-0.3, -0.25) is 9.79 Å². The van der Waals surface area contributed by atoms with Crippen molar-refractivity contribution in [2.24, 2.45) is 16.8 Å². The lowest BCUT2D eigenvalue weighted by molar-refractivity contribution is -0.134. The minimum atomic E-state index is 0. The summed E-state index contributed by atoms with van der Waals surface area (Å²) in [6.45, 7) is 3.28. The number of carbonyl (C=O) groups is 1. The van der Waals surface area contributed by atoms with Gasteiger partial charge in [-0.25, -0.2) is 0 Å². The molecule has 3 aliphatic rings. The number of amides is 1. The van der Waals surface area contributed by atoms with Crippen molar-refractivity contribution in [1.29, 1.82) is 0 Å². The van der Waals surface area contributed by atoms with Gasteiger partial charge in [0.25, 0.3) is 0 Å². The summed E-state index contributed by atoms with van der Waals surface area (Å²) in [5.74, 6) is 1.89. The minimum absolute atomic E-state index is 0. The number of likely N-dealkylation sites (tertiary alicyclic amines) is 1. The summed E-state index contributed by atoms with van der Waals surface area (Å²) in [5, 5.41) is 7.02. The van der Waals surface area contributed by atoms with Crippen molar-refractivity contribution in [3.05, 3.63) is 35.9 Å². The second-order valence-corrected chi connectivity index (χ2v) is 8.60. The number of halogens is 1. The van der Waals surface area contributed by atoms with E-state index in [-0.39, 0.29) is 42.0 Å². The predicted molar refractivity (Wildman–Crippen MR) is 130 cm³/mol. The molecule has 0 aromatic heterocycles. The zero-order valence-electron chi connectivity index (χ0n) is 17.9. The lowest BCUT2D eigenvalue weighted by Gasteiger charge is -2.23. The molecule has 2 heterocycles. The quantitative estimate of drug-likeness (QED) is 0.351. The van der Waals surface area contributed by atoms with Crippen LogP contribution in [0, 0.1) is 11.8 Å². The molecule has 4 rings (SSSR count). The van der Waals surface area contributed by atoms with E-state index in [1.54, 1.807) is 0 Å². The summed E-state index contributed by atoms with van der Waals surface area (Å²) in [5.41, 5.74) is 1.25. The molecule has 3 atom stereocenters. The van der Waals surface area contributed by atoms with Crippen LogP contribution in [0.25, 0.3) is 0 Å². The second kappa shape index (κ2) is 11.3. The Labute approximate surface area is 197 Å². The Morgan fingerprint density at radius 1 is 1.17 bits per heavy atom. The Kier molecular flexibility index (Phi) is 8.80. The Morgan fingerprint density at radius 3 is 2.67 bits per heavy atom. The van der Waals surface area contributed by atoms with Crippen molar-refractivity contribution in [2.75, 3.05) is 33.3 Å². The number of hydrogen-bond acceptors (Lipinski definition) is 3. The van der Waals surface area contributed by atoms with Crippen LogP contribution in [-0.2, 0) is 9.53 Å². The van der Waals surface area contributed by atoms with Crippen molar-refractivity contribution < 1.29 is 9.53 Å². The first-order valence-electron chi connectivity index (χ1n) is 11.2. The highest BCUT2D eigenvalue weighted by molar-refractivity contribution is 14.0. The van der Waals surface area contributed by atoms with Gasteiger partial charge >= 0.3 is 0 Å². The Balaban J connectivity index is 0.00000256. The molecule has 1 aromatic carbocycles. The molecule has 1 aliphatic carbocycles. The minimum Gasteiger partial charge on any atom is -0.373 e. The number of ether oxygens (including phenoxy) is 1. The van der Waals surface area contributed by atoms with Gasteiger partial charge in [0.05, 0.1) is 6.10 Å². The Hall–Kier alpha value is -1.35. The van der Waals surface area contributed by atoms with Crippen molar-refractivity contribution in [1.82, 2.24) is 15.5 Å². The molecule has 0 spiro atoms. The summed E-state index contributed by atoms with van der Waals surface area (Å²) >= 11 is 0. The first-order valence-corrected chi connectivity index (χ1v) is 11.2. The predicted octanol–water partition coefficient (Wildman–Crippen LogP) is 3.34. The van der Waals surface area contributed by atoms with Gasteiger partial charge in [-0.2, -0.15) is 0 Å². The zero-order valence-corrected chi connectivity index (χ0v) is 20.2. The average Bonchev–Trinajstić information content (AvgIpc) is 3.53. The molecule has 166 valence electrons. The molecule has 3 unspecified atom stereocenters. The van der Waals surface area contributed by atoms with Gasteiger partial charge < -0.3 is 20.3 Å². The number of benzene rings is 1. The second-order valence-electron chi connectivity index (χ2n) is 8.60. The highest BCUT2D eigenvalue weighted by Gasteiger charge is 2.33. The number of hydrogen-bond donors (Lipinski definition) is 2. The molecule has 2 N–H and O–H groups in total. The van der Waals surface area contributed by atoms with E-state index in [1.807, 2.05) is 13.1 Å². The van der Waals surface area contributed by atoms with E-state index < -0.39 is 0 Å². The Bertz CT molecular complexity index is 708. The smallest absolute Gasteiger partial charge is 0.225 e. The third kappa shape index (κ3) is 5.66. The summed E-state index contributed by atoms with van der Waals surface area (Å²) in [6.07, 6.45) is 6.74. The number of nitrogens with zero attached hydrogens (tertiary/aromatic N) is 2. The number of carbonyl (C=O) groups excluding carboxylic acids is 1. The molecule has 1 aromatic rings. The summed E-state index contributed by atoms with van der Waals surface area (Å²) in [6, 6.07) is 10.7. The molecular weight excluding hydrogens is 491 g/mol. The lowest BCUT2D eigenvalue weighted by Crippen LogP contribution is -2.46. The normalized spacial score (nSPS) is 27.2. The van der Waals surface area contributed by atoms with Gasteiger partial charge in [-0.1, -0.05) is 43.2 Å². The summed E-state index contributed by atoms with van der Waals surface area (Å²) in [7, 11) is 1.81. The van der Waals surface area contributed by atoms with Crippen LogP contribution in [0.1, 0.15) is 50.2 Å². The average molecular weight is 526 g/mol. The first-order chi connectivity index (χ1) is 14.2. The van der Waals surface area contributed by atoms with Crippen molar-refractivity contribution in [3.63, 3.8) is 0 Å². The standard InChI is InChI=1S/C23H34N4O2.HI/c1-24-23(25-15-19-12-14-29-21(19)17-7-3-2-4-8-17)26-20-11-13-27(16-20)22(28)18-9-5-6-10-18;/h2-4,7-8,18-21H,5-6,9-16H2,1H3,(H2,24,25,26);1H. The van der Waals surface area contributed by atoms with E-state index in [4.69, 9.17) is 4.74 Å². The van der Waals surface area contributed by atoms with Gasteiger partial charge in [0.15, 0.2) is 5.96 Å². The number of guanidine groups is 1. The number of aliphatic imine (C=N–C) groups is 1. The van der Waals surface area contributed by atoms with Crippen molar-refractivity contribution >= 4 is 35.8 Å². The van der Waals surface area contributed by atoms with Gasteiger partial charge in [-0.15, -0.1) is 24.0 Å². The van der Waals surface area contributed by atoms with Crippen LogP contribution in [-0.4, -0.2) is 56.1 Å². The van der Waals surface area contributed by atoms with Crippen LogP contribution in [0.5, 0.6) is 0 Å². The maximum absolute atomic E-state index is 12.7. The summed E-state index contributed by atoms with van der Waals surface area (Å²) in [4.78, 5) is 19.1. The van der Waals surface area contributed by atoms with Crippen LogP contribution in [0.15, 0.2) is 35.3 Å². The molecule has 30 heavy (non-hydrogen) atoms. The third-order valence-electron chi connectivity index (χ3n) is 6.64. The van der Waals surface area contributed by atoms with E-state index in [0.29, 0.717) is 11.8 Å². The fraction of sp³-hybridized carbons (Fsp3) is 0.652. The SMILES string of the molecule is CN=C(NCC1CCOC1c1ccccc1)NC1CCN(C(=O)C2CCCC2)C1.I. The first kappa shape index (κ1) is 23.3. The van der Waals surface area contributed by atoms with Crippen LogP contribution in [0.2, 0.25) is 0 Å². The Morgan fingerprint density at radius 2 is 1.93 bits per heavy atom.